The number of rotatable bonds is 4. The van der Waals surface area contributed by atoms with E-state index in [9.17, 15) is 14.0 Å². The Kier molecular flexibility index (Phi) is 5.76. The van der Waals surface area contributed by atoms with E-state index in [1.165, 1.54) is 18.2 Å². The van der Waals surface area contributed by atoms with Gasteiger partial charge in [0.15, 0.2) is 5.78 Å². The van der Waals surface area contributed by atoms with Gasteiger partial charge in [-0.25, -0.2) is 4.39 Å². The molecule has 1 aliphatic carbocycles. The van der Waals surface area contributed by atoms with E-state index >= 15 is 0 Å². The van der Waals surface area contributed by atoms with E-state index < -0.39 is 23.6 Å². The van der Waals surface area contributed by atoms with Gasteiger partial charge in [0.1, 0.15) is 11.7 Å². The lowest BCUT2D eigenvalue weighted by Crippen LogP contribution is -2.34. The van der Waals surface area contributed by atoms with Crippen LogP contribution in [-0.2, 0) is 14.3 Å². The summed E-state index contributed by atoms with van der Waals surface area (Å²) < 4.78 is 18.7. The highest BCUT2D eigenvalue weighted by molar-refractivity contribution is 6.30. The molecule has 0 saturated carbocycles. The number of halogens is 2. The van der Waals surface area contributed by atoms with Crippen molar-refractivity contribution in [1.29, 1.82) is 0 Å². The summed E-state index contributed by atoms with van der Waals surface area (Å²) in [6.07, 6.45) is 1.98. The maximum atomic E-state index is 13.6. The fraction of sp³-hybridized carbons (Fsp3) is 0.273. The highest BCUT2D eigenvalue weighted by Gasteiger charge is 2.40. The molecule has 0 aromatic heterocycles. The summed E-state index contributed by atoms with van der Waals surface area (Å²) in [6.45, 7) is 3.87. The Balaban J connectivity index is 2.05. The van der Waals surface area contributed by atoms with Crippen LogP contribution in [0.3, 0.4) is 0 Å². The van der Waals surface area contributed by atoms with Gasteiger partial charge in [-0.2, -0.15) is 0 Å². The molecule has 0 spiro atoms. The van der Waals surface area contributed by atoms with Gasteiger partial charge in [-0.3, -0.25) is 9.59 Å². The van der Waals surface area contributed by atoms with E-state index in [0.717, 1.165) is 16.7 Å². The van der Waals surface area contributed by atoms with E-state index in [4.69, 9.17) is 16.3 Å². The van der Waals surface area contributed by atoms with Gasteiger partial charge in [0.25, 0.3) is 0 Å². The van der Waals surface area contributed by atoms with Crippen molar-refractivity contribution in [2.24, 2.45) is 5.92 Å². The van der Waals surface area contributed by atoms with Crippen LogP contribution in [0.15, 0.2) is 48.5 Å². The Bertz CT molecular complexity index is 920. The van der Waals surface area contributed by atoms with Gasteiger partial charge in [0.05, 0.1) is 11.6 Å². The molecule has 3 nitrogen and oxygen atoms in total. The SMILES string of the molecule is CCOC(=O)C1C(=O)C=C(c2cccc(C)c2)CC1c1ccc(F)c(Cl)c1. The van der Waals surface area contributed by atoms with Crippen molar-refractivity contribution in [1.82, 2.24) is 0 Å². The normalized spacial score (nSPS) is 19.6. The van der Waals surface area contributed by atoms with Gasteiger partial charge in [-0.05, 0) is 55.2 Å². The maximum absolute atomic E-state index is 13.6. The van der Waals surface area contributed by atoms with Crippen LogP contribution in [-0.4, -0.2) is 18.4 Å². The minimum Gasteiger partial charge on any atom is -0.465 e. The lowest BCUT2D eigenvalue weighted by Gasteiger charge is -2.29. The molecule has 0 bridgehead atoms. The Morgan fingerprint density at radius 2 is 2.04 bits per heavy atom. The third kappa shape index (κ3) is 4.11. The molecule has 27 heavy (non-hydrogen) atoms. The standard InChI is InChI=1S/C22H20ClFO3/c1-3-27-22(26)21-17(15-7-8-19(24)18(23)11-15)10-16(12-20(21)25)14-6-4-5-13(2)9-14/h4-9,11-12,17,21H,3,10H2,1-2H3. The smallest absolute Gasteiger partial charge is 0.317 e. The minimum absolute atomic E-state index is 0.0331. The summed E-state index contributed by atoms with van der Waals surface area (Å²) >= 11 is 5.94. The van der Waals surface area contributed by atoms with Gasteiger partial charge >= 0.3 is 5.97 Å². The average Bonchev–Trinajstić information content (AvgIpc) is 2.63. The fourth-order valence-electron chi connectivity index (χ4n) is 3.49. The van der Waals surface area contributed by atoms with Crippen LogP contribution in [0, 0.1) is 18.7 Å². The molecule has 0 N–H and O–H groups in total. The van der Waals surface area contributed by atoms with Gasteiger partial charge in [0, 0.05) is 5.92 Å². The van der Waals surface area contributed by atoms with Crippen molar-refractivity contribution in [2.75, 3.05) is 6.61 Å². The predicted molar refractivity (Wildman–Crippen MR) is 103 cm³/mol. The summed E-state index contributed by atoms with van der Waals surface area (Å²) in [6, 6.07) is 12.2. The van der Waals surface area contributed by atoms with Crippen LogP contribution in [0.25, 0.3) is 5.57 Å². The van der Waals surface area contributed by atoms with Gasteiger partial charge < -0.3 is 4.74 Å². The van der Waals surface area contributed by atoms with E-state index in [0.29, 0.717) is 12.0 Å². The monoisotopic (exact) mass is 386 g/mol. The minimum atomic E-state index is -0.958. The summed E-state index contributed by atoms with van der Waals surface area (Å²) in [5.74, 6) is -2.82. The largest absolute Gasteiger partial charge is 0.465 e. The van der Waals surface area contributed by atoms with E-state index in [-0.39, 0.29) is 17.4 Å². The first-order chi connectivity index (χ1) is 12.9. The van der Waals surface area contributed by atoms with E-state index in [1.54, 1.807) is 13.0 Å². The van der Waals surface area contributed by atoms with Crippen molar-refractivity contribution in [3.63, 3.8) is 0 Å². The molecule has 2 aromatic rings. The quantitative estimate of drug-likeness (QED) is 0.542. The molecule has 3 rings (SSSR count). The Hall–Kier alpha value is -2.46. The van der Waals surface area contributed by atoms with Crippen LogP contribution in [0.1, 0.15) is 36.0 Å². The molecule has 2 unspecified atom stereocenters. The van der Waals surface area contributed by atoms with Crippen LogP contribution in [0.5, 0.6) is 0 Å². The second-order valence-electron chi connectivity index (χ2n) is 6.66. The number of carbonyl (C=O) groups is 2. The third-order valence-corrected chi connectivity index (χ3v) is 5.06. The Morgan fingerprint density at radius 3 is 2.70 bits per heavy atom. The zero-order valence-electron chi connectivity index (χ0n) is 15.2. The Labute approximate surface area is 162 Å². The number of carbonyl (C=O) groups excluding carboxylic acids is 2. The molecule has 0 amide bonds. The average molecular weight is 387 g/mol. The molecule has 0 heterocycles. The summed E-state index contributed by atoms with van der Waals surface area (Å²) in [5.41, 5.74) is 3.50. The molecule has 1 aliphatic rings. The lowest BCUT2D eigenvalue weighted by molar-refractivity contribution is -0.151. The third-order valence-electron chi connectivity index (χ3n) is 4.77. The van der Waals surface area contributed by atoms with Crippen LogP contribution < -0.4 is 0 Å². The summed E-state index contributed by atoms with van der Waals surface area (Å²) in [4.78, 5) is 25.3. The van der Waals surface area contributed by atoms with Crippen LogP contribution in [0.4, 0.5) is 4.39 Å². The van der Waals surface area contributed by atoms with Crippen molar-refractivity contribution in [2.45, 2.75) is 26.2 Å². The molecule has 5 heteroatoms. The van der Waals surface area contributed by atoms with Gasteiger partial charge in [-0.1, -0.05) is 47.5 Å². The zero-order valence-corrected chi connectivity index (χ0v) is 15.9. The molecule has 0 fully saturated rings. The van der Waals surface area contributed by atoms with Crippen molar-refractivity contribution >= 4 is 28.9 Å². The molecule has 2 aromatic carbocycles. The van der Waals surface area contributed by atoms with Crippen molar-refractivity contribution in [3.8, 4) is 0 Å². The molecule has 0 aliphatic heterocycles. The van der Waals surface area contributed by atoms with Crippen LogP contribution in [0.2, 0.25) is 5.02 Å². The number of esters is 1. The highest BCUT2D eigenvalue weighted by atomic mass is 35.5. The molecular formula is C22H20ClFO3. The zero-order chi connectivity index (χ0) is 19.6. The van der Waals surface area contributed by atoms with Crippen LogP contribution >= 0.6 is 11.6 Å². The second kappa shape index (κ2) is 8.05. The van der Waals surface area contributed by atoms with Gasteiger partial charge in [-0.15, -0.1) is 0 Å². The first-order valence-electron chi connectivity index (χ1n) is 8.83. The number of benzene rings is 2. The molecule has 0 saturated heterocycles. The topological polar surface area (TPSA) is 43.4 Å². The lowest BCUT2D eigenvalue weighted by atomic mass is 9.73. The maximum Gasteiger partial charge on any atom is 0.317 e. The highest BCUT2D eigenvalue weighted by Crippen LogP contribution is 2.41. The first kappa shape index (κ1) is 19.3. The van der Waals surface area contributed by atoms with Crippen molar-refractivity contribution < 1.29 is 18.7 Å². The number of hydrogen-bond donors (Lipinski definition) is 0. The number of ether oxygens (including phenoxy) is 1. The molecule has 0 radical (unpaired) electrons. The number of hydrogen-bond acceptors (Lipinski definition) is 3. The molecule has 2 atom stereocenters. The Morgan fingerprint density at radius 1 is 1.26 bits per heavy atom. The summed E-state index contributed by atoms with van der Waals surface area (Å²) in [5, 5.41) is -0.0331. The second-order valence-corrected chi connectivity index (χ2v) is 7.06. The predicted octanol–water partition coefficient (Wildman–Crippen LogP) is 5.11. The molecule has 140 valence electrons. The number of ketones is 1. The first-order valence-corrected chi connectivity index (χ1v) is 9.21. The number of allylic oxidation sites excluding steroid dienone is 2. The summed E-state index contributed by atoms with van der Waals surface area (Å²) in [7, 11) is 0. The van der Waals surface area contributed by atoms with E-state index in [1.807, 2.05) is 31.2 Å². The van der Waals surface area contributed by atoms with Gasteiger partial charge in [0.2, 0.25) is 0 Å². The molecular weight excluding hydrogens is 367 g/mol. The van der Waals surface area contributed by atoms with Crippen molar-refractivity contribution in [3.05, 3.63) is 76.1 Å². The fourth-order valence-corrected chi connectivity index (χ4v) is 3.67. The van der Waals surface area contributed by atoms with E-state index in [2.05, 4.69) is 0 Å². The number of aryl methyl sites for hydroxylation is 1.